The number of carbonyl (C=O) groups is 1. The van der Waals surface area contributed by atoms with Gasteiger partial charge >= 0.3 is 6.03 Å². The highest BCUT2D eigenvalue weighted by Gasteiger charge is 2.34. The number of urea groups is 1. The van der Waals surface area contributed by atoms with Gasteiger partial charge in [0.05, 0.1) is 17.9 Å². The standard InChI is InChI=1S/C14H26N2O3S/c1-2-20(19)13-8-4-3-7-12(13)15-14(18)16-9-5-6-11(16)10-17/h11-13,17H,2-10H2,1H3,(H,15,18). The number of amides is 2. The monoisotopic (exact) mass is 302 g/mol. The fourth-order valence-electron chi connectivity index (χ4n) is 3.33. The Balaban J connectivity index is 1.96. The maximum absolute atomic E-state index is 12.3. The van der Waals surface area contributed by atoms with E-state index >= 15 is 0 Å². The molecule has 0 aromatic heterocycles. The number of hydrogen-bond acceptors (Lipinski definition) is 3. The Bertz CT molecular complexity index is 364. The van der Waals surface area contributed by atoms with Crippen molar-refractivity contribution in [1.82, 2.24) is 10.2 Å². The van der Waals surface area contributed by atoms with E-state index in [0.29, 0.717) is 12.3 Å². The van der Waals surface area contributed by atoms with E-state index in [2.05, 4.69) is 5.32 Å². The number of carbonyl (C=O) groups excluding carboxylic acids is 1. The van der Waals surface area contributed by atoms with Crippen LogP contribution in [0.5, 0.6) is 0 Å². The molecule has 0 aromatic carbocycles. The van der Waals surface area contributed by atoms with E-state index in [4.69, 9.17) is 0 Å². The second-order valence-electron chi connectivity index (χ2n) is 5.72. The molecule has 1 aliphatic carbocycles. The van der Waals surface area contributed by atoms with Crippen molar-refractivity contribution in [1.29, 1.82) is 0 Å². The maximum atomic E-state index is 12.3. The van der Waals surface area contributed by atoms with Crippen LogP contribution >= 0.6 is 0 Å². The van der Waals surface area contributed by atoms with Gasteiger partial charge in [0, 0.05) is 29.1 Å². The van der Waals surface area contributed by atoms with Crippen molar-refractivity contribution < 1.29 is 14.1 Å². The molecule has 2 N–H and O–H groups in total. The number of nitrogens with one attached hydrogen (secondary N) is 1. The van der Waals surface area contributed by atoms with Crippen molar-refractivity contribution in [2.24, 2.45) is 0 Å². The molecule has 1 saturated carbocycles. The summed E-state index contributed by atoms with van der Waals surface area (Å²) in [6.07, 6.45) is 5.87. The van der Waals surface area contributed by atoms with E-state index in [9.17, 15) is 14.1 Å². The van der Waals surface area contributed by atoms with Crippen LogP contribution in [-0.4, -0.2) is 56.5 Å². The van der Waals surface area contributed by atoms with E-state index in [1.807, 2.05) is 6.92 Å². The van der Waals surface area contributed by atoms with Gasteiger partial charge in [-0.15, -0.1) is 0 Å². The molecule has 20 heavy (non-hydrogen) atoms. The summed E-state index contributed by atoms with van der Waals surface area (Å²) < 4.78 is 12.1. The number of aliphatic hydroxyl groups is 1. The number of aliphatic hydroxyl groups excluding tert-OH is 1. The zero-order chi connectivity index (χ0) is 14.5. The lowest BCUT2D eigenvalue weighted by atomic mass is 9.95. The van der Waals surface area contributed by atoms with Crippen molar-refractivity contribution in [3.63, 3.8) is 0 Å². The Hall–Kier alpha value is -0.620. The predicted octanol–water partition coefficient (Wildman–Crippen LogP) is 1.23. The van der Waals surface area contributed by atoms with E-state index in [1.54, 1.807) is 4.90 Å². The van der Waals surface area contributed by atoms with Gasteiger partial charge in [0.2, 0.25) is 0 Å². The Kier molecular flexibility index (Phi) is 5.84. The Labute approximate surface area is 123 Å². The van der Waals surface area contributed by atoms with Gasteiger partial charge in [0.1, 0.15) is 0 Å². The molecular weight excluding hydrogens is 276 g/mol. The summed E-state index contributed by atoms with van der Waals surface area (Å²) in [6.45, 7) is 2.68. The SMILES string of the molecule is CCS(=O)C1CCCCC1NC(=O)N1CCCC1CO. The molecule has 1 saturated heterocycles. The average Bonchev–Trinajstić information content (AvgIpc) is 2.95. The molecule has 2 aliphatic rings. The predicted molar refractivity (Wildman–Crippen MR) is 80.1 cm³/mol. The van der Waals surface area contributed by atoms with Crippen LogP contribution < -0.4 is 5.32 Å². The van der Waals surface area contributed by atoms with Gasteiger partial charge in [-0.25, -0.2) is 4.79 Å². The molecule has 6 heteroatoms. The largest absolute Gasteiger partial charge is 0.394 e. The summed E-state index contributed by atoms with van der Waals surface area (Å²) in [5.41, 5.74) is 0. The van der Waals surface area contributed by atoms with Gasteiger partial charge in [-0.1, -0.05) is 19.8 Å². The van der Waals surface area contributed by atoms with Gasteiger partial charge in [0.25, 0.3) is 0 Å². The summed E-state index contributed by atoms with van der Waals surface area (Å²) in [5, 5.41) is 12.5. The first-order chi connectivity index (χ1) is 9.67. The van der Waals surface area contributed by atoms with Crippen LogP contribution in [0.1, 0.15) is 45.4 Å². The Morgan fingerprint density at radius 1 is 1.30 bits per heavy atom. The van der Waals surface area contributed by atoms with E-state index in [0.717, 1.165) is 38.5 Å². The molecule has 2 rings (SSSR count). The summed E-state index contributed by atoms with van der Waals surface area (Å²) in [4.78, 5) is 14.1. The van der Waals surface area contributed by atoms with Crippen molar-refractivity contribution >= 4 is 16.8 Å². The molecule has 2 amide bonds. The molecule has 4 atom stereocenters. The number of likely N-dealkylation sites (tertiary alicyclic amines) is 1. The Morgan fingerprint density at radius 3 is 2.75 bits per heavy atom. The van der Waals surface area contributed by atoms with Crippen LogP contribution in [0.3, 0.4) is 0 Å². The van der Waals surface area contributed by atoms with Gasteiger partial charge in [-0.2, -0.15) is 0 Å². The molecule has 2 fully saturated rings. The quantitative estimate of drug-likeness (QED) is 0.821. The number of rotatable bonds is 4. The van der Waals surface area contributed by atoms with Crippen LogP contribution in [0.25, 0.3) is 0 Å². The molecular formula is C14H26N2O3S. The third-order valence-corrected chi connectivity index (χ3v) is 6.29. The molecule has 5 nitrogen and oxygen atoms in total. The minimum absolute atomic E-state index is 0.0250. The van der Waals surface area contributed by atoms with Crippen molar-refractivity contribution in [3.8, 4) is 0 Å². The molecule has 1 heterocycles. The van der Waals surface area contributed by atoms with Crippen molar-refractivity contribution in [3.05, 3.63) is 0 Å². The molecule has 4 unspecified atom stereocenters. The average molecular weight is 302 g/mol. The lowest BCUT2D eigenvalue weighted by Gasteiger charge is -2.33. The Morgan fingerprint density at radius 2 is 2.05 bits per heavy atom. The smallest absolute Gasteiger partial charge is 0.317 e. The van der Waals surface area contributed by atoms with Crippen LogP contribution in [0.2, 0.25) is 0 Å². The minimum Gasteiger partial charge on any atom is -0.394 e. The first-order valence-electron chi connectivity index (χ1n) is 7.72. The first-order valence-corrected chi connectivity index (χ1v) is 9.10. The lowest BCUT2D eigenvalue weighted by molar-refractivity contribution is 0.153. The second-order valence-corrected chi connectivity index (χ2v) is 7.66. The van der Waals surface area contributed by atoms with Crippen LogP contribution in [0.15, 0.2) is 0 Å². The molecule has 0 radical (unpaired) electrons. The normalized spacial score (nSPS) is 32.1. The summed E-state index contributed by atoms with van der Waals surface area (Å²) in [7, 11) is -0.855. The topological polar surface area (TPSA) is 69.6 Å². The molecule has 1 aliphatic heterocycles. The summed E-state index contributed by atoms with van der Waals surface area (Å²) in [6, 6.07) is -0.114. The lowest BCUT2D eigenvalue weighted by Crippen LogP contribution is -2.53. The number of nitrogens with zero attached hydrogens (tertiary/aromatic N) is 1. The molecule has 116 valence electrons. The van der Waals surface area contributed by atoms with E-state index < -0.39 is 10.8 Å². The van der Waals surface area contributed by atoms with Crippen LogP contribution in [0.4, 0.5) is 4.79 Å². The summed E-state index contributed by atoms with van der Waals surface area (Å²) >= 11 is 0. The third-order valence-electron chi connectivity index (χ3n) is 4.48. The second kappa shape index (κ2) is 7.41. The fraction of sp³-hybridized carbons (Fsp3) is 0.929. The highest BCUT2D eigenvalue weighted by Crippen LogP contribution is 2.24. The molecule has 0 aromatic rings. The van der Waals surface area contributed by atoms with Gasteiger partial charge in [0.15, 0.2) is 0 Å². The molecule has 0 spiro atoms. The summed E-state index contributed by atoms with van der Waals surface area (Å²) in [5.74, 6) is 0.653. The van der Waals surface area contributed by atoms with Crippen LogP contribution in [0, 0.1) is 0 Å². The van der Waals surface area contributed by atoms with Crippen molar-refractivity contribution in [2.75, 3.05) is 18.9 Å². The van der Waals surface area contributed by atoms with E-state index in [-0.39, 0.29) is 30.0 Å². The van der Waals surface area contributed by atoms with Gasteiger partial charge in [-0.05, 0) is 25.7 Å². The zero-order valence-corrected chi connectivity index (χ0v) is 13.0. The van der Waals surface area contributed by atoms with Gasteiger partial charge < -0.3 is 15.3 Å². The highest BCUT2D eigenvalue weighted by molar-refractivity contribution is 7.85. The van der Waals surface area contributed by atoms with Crippen molar-refractivity contribution in [2.45, 2.75) is 62.8 Å². The highest BCUT2D eigenvalue weighted by atomic mass is 32.2. The van der Waals surface area contributed by atoms with E-state index in [1.165, 1.54) is 0 Å². The van der Waals surface area contributed by atoms with Crippen LogP contribution in [-0.2, 0) is 10.8 Å². The minimum atomic E-state index is -0.855. The first kappa shape index (κ1) is 15.8. The van der Waals surface area contributed by atoms with Gasteiger partial charge in [-0.3, -0.25) is 4.21 Å². The third kappa shape index (κ3) is 3.52. The molecule has 0 bridgehead atoms. The zero-order valence-electron chi connectivity index (χ0n) is 12.2. The fourth-order valence-corrected chi connectivity index (χ4v) is 4.75. The number of hydrogen-bond donors (Lipinski definition) is 2. The maximum Gasteiger partial charge on any atom is 0.317 e.